The van der Waals surface area contributed by atoms with E-state index in [1.54, 1.807) is 6.07 Å². The normalized spacial score (nSPS) is 15.0. The molecule has 10 heteroatoms. The molecule has 0 spiro atoms. The molecule has 25 heavy (non-hydrogen) atoms. The van der Waals surface area contributed by atoms with Gasteiger partial charge >= 0.3 is 11.7 Å². The van der Waals surface area contributed by atoms with Gasteiger partial charge in [0.15, 0.2) is 5.52 Å². The highest BCUT2D eigenvalue weighted by Gasteiger charge is 2.29. The van der Waals surface area contributed by atoms with Crippen molar-refractivity contribution in [2.45, 2.75) is 25.7 Å². The Morgan fingerprint density at radius 3 is 2.64 bits per heavy atom. The van der Waals surface area contributed by atoms with Crippen LogP contribution in [0.1, 0.15) is 25.7 Å². The molecule has 1 N–H and O–H groups in total. The number of hydrogen-bond donors (Lipinski definition) is 1. The summed E-state index contributed by atoms with van der Waals surface area (Å²) in [7, 11) is 1.29. The highest BCUT2D eigenvalue weighted by molar-refractivity contribution is 6.00. The first kappa shape index (κ1) is 16.9. The number of carbonyl (C=O) groups excluding carboxylic acids is 1. The number of nitrogens with one attached hydrogen (secondary N) is 1. The van der Waals surface area contributed by atoms with E-state index in [1.807, 2.05) is 4.90 Å². The molecule has 3 rings (SSSR count). The number of benzene rings is 1. The van der Waals surface area contributed by atoms with Crippen LogP contribution in [0.5, 0.6) is 0 Å². The molecule has 0 bridgehead atoms. The molecule has 0 saturated carbocycles. The number of nitro benzene ring substituents is 1. The molecule has 0 unspecified atom stereocenters. The first-order valence-electron chi connectivity index (χ1n) is 8.11. The lowest BCUT2D eigenvalue weighted by Gasteiger charge is -2.23. The third-order valence-corrected chi connectivity index (χ3v) is 4.27. The van der Waals surface area contributed by atoms with Crippen LogP contribution in [0.25, 0.3) is 11.0 Å². The summed E-state index contributed by atoms with van der Waals surface area (Å²) in [5.41, 5.74) is 1.07. The third-order valence-electron chi connectivity index (χ3n) is 4.27. The summed E-state index contributed by atoms with van der Waals surface area (Å²) in [6, 6.07) is 1.64. The molecular formula is C15H19N5O5. The highest BCUT2D eigenvalue weighted by Crippen LogP contribution is 2.39. The van der Waals surface area contributed by atoms with Crippen molar-refractivity contribution in [1.82, 2.24) is 10.3 Å². The van der Waals surface area contributed by atoms with Gasteiger partial charge in [-0.15, -0.1) is 0 Å². The molecule has 1 aromatic carbocycles. The summed E-state index contributed by atoms with van der Waals surface area (Å²) in [5, 5.41) is 22.0. The largest absolute Gasteiger partial charge is 0.468 e. The first-order chi connectivity index (χ1) is 12.1. The van der Waals surface area contributed by atoms with Crippen molar-refractivity contribution >= 4 is 34.1 Å². The van der Waals surface area contributed by atoms with Crippen LogP contribution in [0.4, 0.5) is 17.1 Å². The zero-order valence-corrected chi connectivity index (χ0v) is 13.9. The maximum absolute atomic E-state index is 11.7. The molecule has 1 aromatic heterocycles. The fourth-order valence-electron chi connectivity index (χ4n) is 3.02. The van der Waals surface area contributed by atoms with Crippen LogP contribution in [0.15, 0.2) is 10.7 Å². The number of esters is 1. The van der Waals surface area contributed by atoms with E-state index in [4.69, 9.17) is 4.63 Å². The number of rotatable bonds is 5. The summed E-state index contributed by atoms with van der Waals surface area (Å²) in [6.45, 7) is 1.37. The van der Waals surface area contributed by atoms with Gasteiger partial charge in [-0.25, -0.2) is 4.63 Å². The Morgan fingerprint density at radius 2 is 2.00 bits per heavy atom. The van der Waals surface area contributed by atoms with E-state index < -0.39 is 10.9 Å². The molecule has 0 atom stereocenters. The van der Waals surface area contributed by atoms with Crippen LogP contribution in [0.3, 0.4) is 0 Å². The summed E-state index contributed by atoms with van der Waals surface area (Å²) in [6.07, 6.45) is 4.14. The predicted octanol–water partition coefficient (Wildman–Crippen LogP) is 2.10. The van der Waals surface area contributed by atoms with Crippen molar-refractivity contribution in [2.24, 2.45) is 0 Å². The van der Waals surface area contributed by atoms with Crippen molar-refractivity contribution < 1.29 is 19.1 Å². The number of aromatic nitrogens is 2. The second-order valence-corrected chi connectivity index (χ2v) is 5.84. The molecule has 1 fully saturated rings. The minimum atomic E-state index is -0.461. The Balaban J connectivity index is 2.07. The van der Waals surface area contributed by atoms with Gasteiger partial charge < -0.3 is 15.0 Å². The van der Waals surface area contributed by atoms with Crippen LogP contribution in [0.2, 0.25) is 0 Å². The second kappa shape index (κ2) is 7.32. The number of nitrogens with zero attached hydrogens (tertiary/aromatic N) is 4. The van der Waals surface area contributed by atoms with Gasteiger partial charge in [-0.3, -0.25) is 14.9 Å². The highest BCUT2D eigenvalue weighted by atomic mass is 16.6. The fraction of sp³-hybridized carbons (Fsp3) is 0.533. The van der Waals surface area contributed by atoms with Crippen molar-refractivity contribution in [2.75, 3.05) is 37.0 Å². The van der Waals surface area contributed by atoms with Crippen molar-refractivity contribution in [3.8, 4) is 0 Å². The Kier molecular flexibility index (Phi) is 4.96. The summed E-state index contributed by atoms with van der Waals surface area (Å²) in [5.74, 6) is -0.459. The number of ether oxygens (including phenoxy) is 1. The average molecular weight is 349 g/mol. The molecule has 0 radical (unpaired) electrons. The monoisotopic (exact) mass is 349 g/mol. The number of hydrogen-bond acceptors (Lipinski definition) is 9. The van der Waals surface area contributed by atoms with Gasteiger partial charge in [-0.05, 0) is 29.2 Å². The molecule has 0 amide bonds. The molecule has 10 nitrogen and oxygen atoms in total. The smallest absolute Gasteiger partial charge is 0.325 e. The van der Waals surface area contributed by atoms with Crippen LogP contribution >= 0.6 is 0 Å². The lowest BCUT2D eigenvalue weighted by molar-refractivity contribution is -0.382. The van der Waals surface area contributed by atoms with Gasteiger partial charge in [0, 0.05) is 13.1 Å². The second-order valence-electron chi connectivity index (χ2n) is 5.84. The Bertz CT molecular complexity index is 782. The van der Waals surface area contributed by atoms with Gasteiger partial charge in [-0.2, -0.15) is 0 Å². The van der Waals surface area contributed by atoms with E-state index in [2.05, 4.69) is 20.4 Å². The quantitative estimate of drug-likeness (QED) is 0.491. The first-order valence-corrected chi connectivity index (χ1v) is 8.11. The zero-order valence-electron chi connectivity index (χ0n) is 13.9. The minimum Gasteiger partial charge on any atom is -0.468 e. The van der Waals surface area contributed by atoms with E-state index in [0.717, 1.165) is 38.8 Å². The number of nitro groups is 1. The Morgan fingerprint density at radius 1 is 1.32 bits per heavy atom. The SMILES string of the molecule is COC(=O)CNc1cc(N2CCCCCC2)c([N+](=O)[O-])c2nonc12. The Labute approximate surface area is 143 Å². The van der Waals surface area contributed by atoms with E-state index in [1.165, 1.54) is 7.11 Å². The van der Waals surface area contributed by atoms with Crippen molar-refractivity contribution in [1.29, 1.82) is 0 Å². The van der Waals surface area contributed by atoms with Gasteiger partial charge in [-0.1, -0.05) is 12.8 Å². The van der Waals surface area contributed by atoms with Crippen molar-refractivity contribution in [3.05, 3.63) is 16.2 Å². The van der Waals surface area contributed by atoms with Gasteiger partial charge in [0.2, 0.25) is 5.52 Å². The third kappa shape index (κ3) is 3.47. The zero-order chi connectivity index (χ0) is 17.8. The van der Waals surface area contributed by atoms with Crippen LogP contribution < -0.4 is 10.2 Å². The summed E-state index contributed by atoms with van der Waals surface area (Å²) in [4.78, 5) is 24.6. The average Bonchev–Trinajstić information content (AvgIpc) is 2.93. The molecule has 1 saturated heterocycles. The van der Waals surface area contributed by atoms with Gasteiger partial charge in [0.05, 0.1) is 17.7 Å². The standard InChI is InChI=1S/C15H19N5O5/c1-24-12(21)9-16-10-8-11(19-6-4-2-3-5-7-19)15(20(22)23)14-13(10)17-25-18-14/h8,16H,2-7,9H2,1H3. The van der Waals surface area contributed by atoms with Crippen molar-refractivity contribution in [3.63, 3.8) is 0 Å². The summed E-state index contributed by atoms with van der Waals surface area (Å²) < 4.78 is 9.33. The van der Waals surface area contributed by atoms with E-state index in [-0.39, 0.29) is 23.3 Å². The molecule has 134 valence electrons. The number of fused-ring (bicyclic) bond motifs is 1. The topological polar surface area (TPSA) is 124 Å². The van der Waals surface area contributed by atoms with Crippen LogP contribution in [0, 0.1) is 10.1 Å². The molecule has 2 aromatic rings. The maximum Gasteiger partial charge on any atom is 0.325 e. The lowest BCUT2D eigenvalue weighted by Crippen LogP contribution is -2.25. The molecule has 0 aliphatic carbocycles. The molecule has 1 aliphatic heterocycles. The number of carbonyl (C=O) groups is 1. The molecule has 2 heterocycles. The van der Waals surface area contributed by atoms with E-state index in [9.17, 15) is 14.9 Å². The van der Waals surface area contributed by atoms with Crippen LogP contribution in [-0.2, 0) is 9.53 Å². The van der Waals surface area contributed by atoms with Crippen LogP contribution in [-0.4, -0.2) is 48.0 Å². The Hall–Kier alpha value is -2.91. The minimum absolute atomic E-state index is 0.0686. The number of methoxy groups -OCH3 is 1. The van der Waals surface area contributed by atoms with Gasteiger partial charge in [0.1, 0.15) is 12.2 Å². The molecule has 1 aliphatic rings. The number of anilines is 2. The van der Waals surface area contributed by atoms with E-state index >= 15 is 0 Å². The molecular weight excluding hydrogens is 330 g/mol. The predicted molar refractivity (Wildman–Crippen MR) is 89.6 cm³/mol. The van der Waals surface area contributed by atoms with E-state index in [0.29, 0.717) is 11.4 Å². The fourth-order valence-corrected chi connectivity index (χ4v) is 3.02. The van der Waals surface area contributed by atoms with Gasteiger partial charge in [0.25, 0.3) is 0 Å². The lowest BCUT2D eigenvalue weighted by atomic mass is 10.1. The maximum atomic E-state index is 11.7. The summed E-state index contributed by atoms with van der Waals surface area (Å²) >= 11 is 0.